The summed E-state index contributed by atoms with van der Waals surface area (Å²) in [5, 5.41) is 9.12. The Morgan fingerprint density at radius 3 is 2.67 bits per heavy atom. The Hall–Kier alpha value is -1.50. The molecule has 0 saturated heterocycles. The van der Waals surface area contributed by atoms with Crippen molar-refractivity contribution < 1.29 is 13.2 Å². The van der Waals surface area contributed by atoms with Gasteiger partial charge in [0.2, 0.25) is 0 Å². The van der Waals surface area contributed by atoms with Crippen LogP contribution in [0.25, 0.3) is 0 Å². The van der Waals surface area contributed by atoms with Crippen LogP contribution in [0.15, 0.2) is 12.1 Å². The highest BCUT2D eigenvalue weighted by atomic mass is 19.4. The average Bonchev–Trinajstić information content (AvgIpc) is 2.94. The number of hydrogen-bond donors (Lipinski definition) is 0. The highest BCUT2D eigenvalue weighted by molar-refractivity contribution is 5.51. The normalized spacial score (nSPS) is 34.9. The Labute approximate surface area is 140 Å². The molecule has 0 bridgehead atoms. The van der Waals surface area contributed by atoms with Crippen molar-refractivity contribution >= 4 is 0 Å². The van der Waals surface area contributed by atoms with Gasteiger partial charge >= 0.3 is 6.18 Å². The molecule has 3 aliphatic carbocycles. The second-order valence-corrected chi connectivity index (χ2v) is 8.17. The van der Waals surface area contributed by atoms with Gasteiger partial charge in [-0.25, -0.2) is 0 Å². The summed E-state index contributed by atoms with van der Waals surface area (Å²) in [4.78, 5) is 0. The number of halogens is 3. The molecule has 0 aromatic heterocycles. The van der Waals surface area contributed by atoms with Crippen molar-refractivity contribution in [1.82, 2.24) is 0 Å². The third-order valence-electron chi connectivity index (χ3n) is 7.10. The molecule has 2 saturated carbocycles. The van der Waals surface area contributed by atoms with E-state index in [1.54, 1.807) is 6.07 Å². The fourth-order valence-corrected chi connectivity index (χ4v) is 6.08. The van der Waals surface area contributed by atoms with Crippen LogP contribution in [0.5, 0.6) is 0 Å². The molecule has 3 aliphatic rings. The van der Waals surface area contributed by atoms with Gasteiger partial charge < -0.3 is 0 Å². The van der Waals surface area contributed by atoms with E-state index in [1.807, 2.05) is 6.07 Å². The third-order valence-corrected chi connectivity index (χ3v) is 7.10. The molecule has 0 N–H and O–H groups in total. The Balaban J connectivity index is 1.80. The van der Waals surface area contributed by atoms with Crippen LogP contribution >= 0.6 is 0 Å². The van der Waals surface area contributed by atoms with Crippen molar-refractivity contribution in [3.05, 3.63) is 34.4 Å². The minimum Gasteiger partial charge on any atom is -0.192 e. The first-order valence-corrected chi connectivity index (χ1v) is 8.98. The van der Waals surface area contributed by atoms with Gasteiger partial charge in [0.1, 0.15) is 0 Å². The molecule has 1 aromatic rings. The van der Waals surface area contributed by atoms with E-state index in [-0.39, 0.29) is 11.5 Å². The Morgan fingerprint density at radius 2 is 1.96 bits per heavy atom. The van der Waals surface area contributed by atoms with Crippen molar-refractivity contribution in [3.8, 4) is 6.07 Å². The molecule has 1 nitrogen and oxygen atoms in total. The highest BCUT2D eigenvalue weighted by Gasteiger charge is 2.51. The summed E-state index contributed by atoms with van der Waals surface area (Å²) in [6.45, 7) is 2.39. The number of hydrogen-bond acceptors (Lipinski definition) is 1. The van der Waals surface area contributed by atoms with Crippen LogP contribution in [0.4, 0.5) is 13.2 Å². The summed E-state index contributed by atoms with van der Waals surface area (Å²) >= 11 is 0. The van der Waals surface area contributed by atoms with Gasteiger partial charge in [0.25, 0.3) is 0 Å². The van der Waals surface area contributed by atoms with Crippen molar-refractivity contribution in [2.45, 2.75) is 64.0 Å². The molecular weight excluding hydrogens is 311 g/mol. The smallest absolute Gasteiger partial charge is 0.192 e. The predicted molar refractivity (Wildman–Crippen MR) is 85.4 cm³/mol. The zero-order valence-corrected chi connectivity index (χ0v) is 13.9. The molecule has 3 unspecified atom stereocenters. The fourth-order valence-electron chi connectivity index (χ4n) is 6.08. The van der Waals surface area contributed by atoms with E-state index in [0.717, 1.165) is 24.8 Å². The van der Waals surface area contributed by atoms with Gasteiger partial charge in [-0.3, -0.25) is 0 Å². The number of rotatable bonds is 0. The molecule has 0 heterocycles. The zero-order chi connectivity index (χ0) is 17.1. The molecule has 0 radical (unpaired) electrons. The third kappa shape index (κ3) is 2.20. The lowest BCUT2D eigenvalue weighted by molar-refractivity contribution is -0.138. The number of alkyl halides is 3. The summed E-state index contributed by atoms with van der Waals surface area (Å²) < 4.78 is 40.7. The van der Waals surface area contributed by atoms with Crippen LogP contribution in [0.3, 0.4) is 0 Å². The van der Waals surface area contributed by atoms with E-state index in [1.165, 1.54) is 25.3 Å². The van der Waals surface area contributed by atoms with E-state index >= 15 is 0 Å². The molecular formula is C20H22F3N. The maximum atomic E-state index is 13.6. The Morgan fingerprint density at radius 1 is 1.17 bits per heavy atom. The zero-order valence-electron chi connectivity index (χ0n) is 13.9. The molecule has 4 rings (SSSR count). The van der Waals surface area contributed by atoms with Crippen LogP contribution < -0.4 is 0 Å². The van der Waals surface area contributed by atoms with Gasteiger partial charge in [-0.05, 0) is 78.9 Å². The van der Waals surface area contributed by atoms with Gasteiger partial charge in [-0.2, -0.15) is 18.4 Å². The molecule has 0 aliphatic heterocycles. The predicted octanol–water partition coefficient (Wildman–Crippen LogP) is 5.82. The Bertz CT molecular complexity index is 715. The SMILES string of the molecule is C[C@@]12CCCC1C1CCc3c(ccc(C#N)c3C(F)(F)F)C1CC2. The molecule has 4 atom stereocenters. The molecule has 0 spiro atoms. The van der Waals surface area contributed by atoms with E-state index in [9.17, 15) is 13.2 Å². The van der Waals surface area contributed by atoms with Crippen LogP contribution in [-0.2, 0) is 12.6 Å². The monoisotopic (exact) mass is 333 g/mol. The average molecular weight is 333 g/mol. The lowest BCUT2D eigenvalue weighted by Crippen LogP contribution is -2.40. The summed E-state index contributed by atoms with van der Waals surface area (Å²) in [6, 6.07) is 4.96. The minimum atomic E-state index is -4.44. The van der Waals surface area contributed by atoms with Crippen molar-refractivity contribution in [2.24, 2.45) is 17.3 Å². The van der Waals surface area contributed by atoms with Crippen molar-refractivity contribution in [2.75, 3.05) is 0 Å². The van der Waals surface area contributed by atoms with Gasteiger partial charge in [0, 0.05) is 0 Å². The molecule has 24 heavy (non-hydrogen) atoms. The summed E-state index contributed by atoms with van der Waals surface area (Å²) in [6.07, 6.45) is 2.75. The number of fused-ring (bicyclic) bond motifs is 5. The molecule has 2 fully saturated rings. The second-order valence-electron chi connectivity index (χ2n) is 8.17. The molecule has 128 valence electrons. The lowest BCUT2D eigenvalue weighted by Gasteiger charge is -2.49. The lowest BCUT2D eigenvalue weighted by atomic mass is 9.55. The minimum absolute atomic E-state index is 0.221. The number of nitrogens with zero attached hydrogens (tertiary/aromatic N) is 1. The van der Waals surface area contributed by atoms with Gasteiger partial charge in [0.05, 0.1) is 17.2 Å². The van der Waals surface area contributed by atoms with Gasteiger partial charge in [-0.15, -0.1) is 0 Å². The van der Waals surface area contributed by atoms with Crippen LogP contribution in [0.1, 0.15) is 73.6 Å². The molecule has 0 amide bonds. The first-order chi connectivity index (χ1) is 11.3. The molecule has 1 aromatic carbocycles. The largest absolute Gasteiger partial charge is 0.417 e. The van der Waals surface area contributed by atoms with Crippen molar-refractivity contribution in [1.29, 1.82) is 5.26 Å². The summed E-state index contributed by atoms with van der Waals surface area (Å²) in [5.74, 6) is 1.43. The van der Waals surface area contributed by atoms with E-state index < -0.39 is 11.7 Å². The summed E-state index contributed by atoms with van der Waals surface area (Å²) in [7, 11) is 0. The van der Waals surface area contributed by atoms with Crippen molar-refractivity contribution in [3.63, 3.8) is 0 Å². The van der Waals surface area contributed by atoms with Gasteiger partial charge in [0.15, 0.2) is 0 Å². The first kappa shape index (κ1) is 16.0. The topological polar surface area (TPSA) is 23.8 Å². The van der Waals surface area contributed by atoms with Crippen LogP contribution in [-0.4, -0.2) is 0 Å². The van der Waals surface area contributed by atoms with E-state index in [0.29, 0.717) is 29.2 Å². The maximum absolute atomic E-state index is 13.6. The Kier molecular flexibility index (Phi) is 3.50. The van der Waals surface area contributed by atoms with Gasteiger partial charge in [-0.1, -0.05) is 19.4 Å². The summed E-state index contributed by atoms with van der Waals surface area (Å²) in [5.41, 5.74) is 0.802. The van der Waals surface area contributed by atoms with Crippen LogP contribution in [0, 0.1) is 28.6 Å². The quantitative estimate of drug-likeness (QED) is 0.586. The number of nitriles is 1. The van der Waals surface area contributed by atoms with E-state index in [4.69, 9.17) is 5.26 Å². The fraction of sp³-hybridized carbons (Fsp3) is 0.650. The first-order valence-electron chi connectivity index (χ1n) is 8.98. The maximum Gasteiger partial charge on any atom is 0.417 e. The second kappa shape index (κ2) is 5.25. The van der Waals surface area contributed by atoms with Crippen LogP contribution in [0.2, 0.25) is 0 Å². The standard InChI is InChI=1S/C20H22F3N/c1-19-9-2-3-17(19)15-6-7-16-13(14(15)8-10-19)5-4-12(11-24)18(16)20(21,22)23/h4-5,14-15,17H,2-3,6-10H2,1H3/t14?,15?,17?,19-/m0/s1. The molecule has 4 heteroatoms. The number of benzene rings is 1. The van der Waals surface area contributed by atoms with E-state index in [2.05, 4.69) is 6.92 Å². The highest BCUT2D eigenvalue weighted by Crippen LogP contribution is 2.61.